The number of esters is 3. The molecule has 3 atom stereocenters. The molecule has 0 fully saturated rings. The first kappa shape index (κ1) is 37.6. The molecule has 0 radical (unpaired) electrons. The molecular formula is C33H33N3O15. The highest BCUT2D eigenvalue weighted by atomic mass is 16.6. The molecule has 1 heterocycles. The normalized spacial score (nSPS) is 12.8. The molecule has 270 valence electrons. The lowest BCUT2D eigenvalue weighted by Gasteiger charge is -2.19. The quantitative estimate of drug-likeness (QED) is 0.0634. The molecule has 6 N–H and O–H groups in total. The molecule has 18 nitrogen and oxygen atoms in total. The fourth-order valence-electron chi connectivity index (χ4n) is 4.63. The van der Waals surface area contributed by atoms with Crippen molar-refractivity contribution in [3.8, 4) is 17.2 Å². The fraction of sp³-hybridized carbons (Fsp3) is 0.273. The van der Waals surface area contributed by atoms with Crippen molar-refractivity contribution in [1.29, 1.82) is 0 Å². The number of nitrogens with zero attached hydrogens (tertiary/aromatic N) is 3. The van der Waals surface area contributed by atoms with Gasteiger partial charge in [0.25, 0.3) is 0 Å². The predicted octanol–water partition coefficient (Wildman–Crippen LogP) is -1.06. The van der Waals surface area contributed by atoms with Gasteiger partial charge in [-0.3, -0.25) is 0 Å². The van der Waals surface area contributed by atoms with Crippen LogP contribution < -0.4 is 17.1 Å². The van der Waals surface area contributed by atoms with E-state index in [1.54, 1.807) is 0 Å². The maximum Gasteiger partial charge on any atom is 0.342 e. The van der Waals surface area contributed by atoms with Crippen LogP contribution in [0.2, 0.25) is 0 Å². The summed E-state index contributed by atoms with van der Waals surface area (Å²) in [5.74, 6) is -4.33. The summed E-state index contributed by atoms with van der Waals surface area (Å²) in [6, 6.07) is 16.1. The Morgan fingerprint density at radius 1 is 0.471 bits per heavy atom. The van der Waals surface area contributed by atoms with Gasteiger partial charge in [0.05, 0.1) is 19.6 Å². The van der Waals surface area contributed by atoms with E-state index in [-0.39, 0.29) is 16.7 Å². The Labute approximate surface area is 286 Å². The summed E-state index contributed by atoms with van der Waals surface area (Å²) in [6.45, 7) is -4.97. The summed E-state index contributed by atoms with van der Waals surface area (Å²) in [7, 11) is 0. The Kier molecular flexibility index (Phi) is 12.5. The van der Waals surface area contributed by atoms with Crippen LogP contribution in [-0.4, -0.2) is 100 Å². The van der Waals surface area contributed by atoms with Gasteiger partial charge < -0.3 is 44.8 Å². The van der Waals surface area contributed by atoms with Crippen LogP contribution in [0.5, 0.6) is 17.2 Å². The molecule has 0 saturated heterocycles. The smallest absolute Gasteiger partial charge is 0.342 e. The molecule has 0 spiro atoms. The first-order valence-corrected chi connectivity index (χ1v) is 15.1. The number of phenols is 3. The molecule has 3 aromatic carbocycles. The van der Waals surface area contributed by atoms with E-state index in [4.69, 9.17) is 14.2 Å². The average molecular weight is 712 g/mol. The number of phenolic OH excluding ortho intramolecular Hbond substituents is 3. The largest absolute Gasteiger partial charge is 0.507 e. The number of aliphatic hydroxyl groups excluding tert-OH is 3. The lowest BCUT2D eigenvalue weighted by atomic mass is 10.2. The van der Waals surface area contributed by atoms with E-state index in [0.29, 0.717) is 13.7 Å². The molecule has 18 heteroatoms. The summed E-state index contributed by atoms with van der Waals surface area (Å²) in [6.07, 6.45) is -5.21. The zero-order valence-electron chi connectivity index (χ0n) is 26.6. The Hall–Kier alpha value is -6.24. The summed E-state index contributed by atoms with van der Waals surface area (Å²) in [5.41, 5.74) is -4.73. The molecule has 0 aliphatic carbocycles. The van der Waals surface area contributed by atoms with E-state index in [9.17, 15) is 59.4 Å². The molecule has 51 heavy (non-hydrogen) atoms. The number of rotatable bonds is 15. The number of aromatic nitrogens is 3. The number of carbonyl (C=O) groups excluding carboxylic acids is 3. The third-order valence-electron chi connectivity index (χ3n) is 7.16. The monoisotopic (exact) mass is 711 g/mol. The number of aliphatic hydroxyl groups is 3. The summed E-state index contributed by atoms with van der Waals surface area (Å²) in [5, 5.41) is 61.4. The molecule has 1 aromatic heterocycles. The van der Waals surface area contributed by atoms with Gasteiger partial charge >= 0.3 is 35.0 Å². The van der Waals surface area contributed by atoms with Crippen molar-refractivity contribution in [2.45, 2.75) is 37.9 Å². The zero-order valence-corrected chi connectivity index (χ0v) is 26.6. The third-order valence-corrected chi connectivity index (χ3v) is 7.16. The minimum atomic E-state index is -1.74. The van der Waals surface area contributed by atoms with Gasteiger partial charge in [0.15, 0.2) is 0 Å². The Balaban J connectivity index is 1.56. The SMILES string of the molecule is O=C(OCC(O)Cn1c(=O)n(CC(O)COC(=O)c2ccccc2O)c(=O)n(CC(O)COC(=O)c2ccccc2O)c1=O)c1ccccc1O. The number of carbonyl (C=O) groups is 3. The molecule has 4 aromatic rings. The number of para-hydroxylation sites is 3. The minimum Gasteiger partial charge on any atom is -0.507 e. The molecular weight excluding hydrogens is 678 g/mol. The van der Waals surface area contributed by atoms with Gasteiger partial charge in [-0.15, -0.1) is 0 Å². The second kappa shape index (κ2) is 16.9. The van der Waals surface area contributed by atoms with Crippen LogP contribution in [0.15, 0.2) is 87.2 Å². The summed E-state index contributed by atoms with van der Waals surface area (Å²) < 4.78 is 16.0. The average Bonchev–Trinajstić information content (AvgIpc) is 3.11. The van der Waals surface area contributed by atoms with Crippen LogP contribution >= 0.6 is 0 Å². The van der Waals surface area contributed by atoms with Crippen molar-refractivity contribution >= 4 is 17.9 Å². The van der Waals surface area contributed by atoms with Crippen molar-refractivity contribution in [2.24, 2.45) is 0 Å². The van der Waals surface area contributed by atoms with Crippen molar-refractivity contribution in [2.75, 3.05) is 19.8 Å². The summed E-state index contributed by atoms with van der Waals surface area (Å²) >= 11 is 0. The molecule has 0 amide bonds. The molecule has 0 saturated carbocycles. The van der Waals surface area contributed by atoms with E-state index in [0.717, 1.165) is 0 Å². The minimum absolute atomic E-state index is 0.230. The third kappa shape index (κ3) is 9.47. The van der Waals surface area contributed by atoms with E-state index < -0.39 is 110 Å². The van der Waals surface area contributed by atoms with Crippen molar-refractivity contribution < 1.29 is 59.2 Å². The van der Waals surface area contributed by atoms with E-state index in [1.807, 2.05) is 0 Å². The second-order valence-corrected chi connectivity index (χ2v) is 11.0. The highest BCUT2D eigenvalue weighted by Crippen LogP contribution is 2.18. The molecule has 0 aliphatic heterocycles. The fourth-order valence-corrected chi connectivity index (χ4v) is 4.63. The van der Waals surface area contributed by atoms with Gasteiger partial charge in [-0.1, -0.05) is 36.4 Å². The second-order valence-electron chi connectivity index (χ2n) is 11.0. The number of ether oxygens (including phenoxy) is 3. The van der Waals surface area contributed by atoms with E-state index in [1.165, 1.54) is 72.8 Å². The van der Waals surface area contributed by atoms with Gasteiger partial charge in [-0.05, 0) is 36.4 Å². The van der Waals surface area contributed by atoms with E-state index >= 15 is 0 Å². The summed E-state index contributed by atoms with van der Waals surface area (Å²) in [4.78, 5) is 77.2. The molecule has 3 unspecified atom stereocenters. The molecule has 4 rings (SSSR count). The lowest BCUT2D eigenvalue weighted by Crippen LogP contribution is -2.57. The predicted molar refractivity (Wildman–Crippen MR) is 172 cm³/mol. The van der Waals surface area contributed by atoms with Crippen LogP contribution in [0.3, 0.4) is 0 Å². The van der Waals surface area contributed by atoms with Crippen LogP contribution in [0.25, 0.3) is 0 Å². The van der Waals surface area contributed by atoms with Gasteiger partial charge in [0.1, 0.15) is 72.1 Å². The Bertz CT molecular complexity index is 1810. The maximum atomic E-state index is 13.4. The Morgan fingerprint density at radius 3 is 0.941 bits per heavy atom. The first-order valence-electron chi connectivity index (χ1n) is 15.1. The number of aromatic hydroxyl groups is 3. The Morgan fingerprint density at radius 2 is 0.706 bits per heavy atom. The van der Waals surface area contributed by atoms with Gasteiger partial charge in [0.2, 0.25) is 0 Å². The van der Waals surface area contributed by atoms with Gasteiger partial charge in [-0.2, -0.15) is 0 Å². The number of hydrogen-bond acceptors (Lipinski definition) is 15. The van der Waals surface area contributed by atoms with E-state index in [2.05, 4.69) is 0 Å². The van der Waals surface area contributed by atoms with Gasteiger partial charge in [-0.25, -0.2) is 42.5 Å². The number of hydrogen-bond donors (Lipinski definition) is 6. The zero-order chi connectivity index (χ0) is 37.2. The van der Waals surface area contributed by atoms with Crippen molar-refractivity contribution in [3.05, 3.63) is 121 Å². The van der Waals surface area contributed by atoms with Crippen LogP contribution in [0, 0.1) is 0 Å². The highest BCUT2D eigenvalue weighted by molar-refractivity contribution is 5.93. The van der Waals surface area contributed by atoms with Crippen LogP contribution in [0.4, 0.5) is 0 Å². The standard InChI is InChI=1S/C33H33N3O15/c37-19(16-49-28(43)22-7-1-4-10-25(22)40)13-34-31(46)35(14-20(38)17-50-29(44)23-8-2-5-11-26(23)41)33(48)36(32(34)47)15-21(39)18-51-30(45)24-9-3-6-12-27(24)42/h1-12,19-21,37-42H,13-18H2. The lowest BCUT2D eigenvalue weighted by molar-refractivity contribution is 0.0167. The number of benzene rings is 3. The van der Waals surface area contributed by atoms with Crippen molar-refractivity contribution in [1.82, 2.24) is 13.7 Å². The topological polar surface area (TPSA) is 266 Å². The van der Waals surface area contributed by atoms with Crippen LogP contribution in [0.1, 0.15) is 31.1 Å². The van der Waals surface area contributed by atoms with Crippen molar-refractivity contribution in [3.63, 3.8) is 0 Å². The van der Waals surface area contributed by atoms with Crippen LogP contribution in [-0.2, 0) is 33.8 Å². The van der Waals surface area contributed by atoms with Gasteiger partial charge in [0, 0.05) is 0 Å². The molecule has 0 bridgehead atoms. The highest BCUT2D eigenvalue weighted by Gasteiger charge is 2.24. The molecule has 0 aliphatic rings. The first-order chi connectivity index (χ1) is 24.3. The maximum absolute atomic E-state index is 13.4.